The molecule has 0 radical (unpaired) electrons. The number of nitrogens with one attached hydrogen (secondary N) is 2. The number of hydrogen-bond acceptors (Lipinski definition) is 6. The van der Waals surface area contributed by atoms with Crippen molar-refractivity contribution in [2.75, 3.05) is 13.1 Å². The Bertz CT molecular complexity index is 1490. The van der Waals surface area contributed by atoms with Gasteiger partial charge in [-0.25, -0.2) is 0 Å². The topological polar surface area (TPSA) is 102 Å². The summed E-state index contributed by atoms with van der Waals surface area (Å²) in [5, 5.41) is 6.21. The maximum atomic E-state index is 12.7. The van der Waals surface area contributed by atoms with E-state index in [0.29, 0.717) is 49.0 Å². The fourth-order valence-electron chi connectivity index (χ4n) is 4.61. The van der Waals surface area contributed by atoms with Gasteiger partial charge < -0.3 is 14.8 Å². The van der Waals surface area contributed by atoms with Crippen molar-refractivity contribution in [3.05, 3.63) is 89.0 Å². The largest absolute Gasteiger partial charge is 0.534 e. The number of alkyl halides is 3. The summed E-state index contributed by atoms with van der Waals surface area (Å²) >= 11 is 0. The Hall–Kier alpha value is -3.70. The summed E-state index contributed by atoms with van der Waals surface area (Å²) in [6.45, 7) is 2.64. The maximum absolute atomic E-state index is 12.7. The third-order valence-corrected chi connectivity index (χ3v) is 7.70. The molecular weight excluding hydrogens is 545 g/mol. The normalized spacial score (nSPS) is 15.2. The Morgan fingerprint density at radius 2 is 1.73 bits per heavy atom. The average Bonchev–Trinajstić information content (AvgIpc) is 2.92. The molecular formula is C29H29F3N2O5S. The molecule has 1 aliphatic heterocycles. The van der Waals surface area contributed by atoms with Gasteiger partial charge in [0.2, 0.25) is 0 Å². The van der Waals surface area contributed by atoms with Crippen molar-refractivity contribution in [3.8, 4) is 16.9 Å². The lowest BCUT2D eigenvalue weighted by molar-refractivity contribution is -0.0500. The molecule has 212 valence electrons. The van der Waals surface area contributed by atoms with Crippen LogP contribution in [0.3, 0.4) is 0 Å². The molecule has 4 rings (SSSR count). The van der Waals surface area contributed by atoms with Crippen LogP contribution in [0.15, 0.2) is 66.7 Å². The quantitative estimate of drug-likeness (QED) is 0.142. The van der Waals surface area contributed by atoms with E-state index >= 15 is 0 Å². The zero-order valence-electron chi connectivity index (χ0n) is 21.8. The van der Waals surface area contributed by atoms with Crippen LogP contribution >= 0.6 is 0 Å². The van der Waals surface area contributed by atoms with E-state index in [9.17, 15) is 31.2 Å². The molecule has 3 aromatic carbocycles. The van der Waals surface area contributed by atoms with Gasteiger partial charge in [-0.3, -0.25) is 9.59 Å². The highest BCUT2D eigenvalue weighted by Gasteiger charge is 2.48. The van der Waals surface area contributed by atoms with Gasteiger partial charge in [-0.2, -0.15) is 21.6 Å². The van der Waals surface area contributed by atoms with E-state index < -0.39 is 15.6 Å². The van der Waals surface area contributed by atoms with Crippen molar-refractivity contribution < 1.29 is 35.4 Å². The third kappa shape index (κ3) is 7.08. The average molecular weight is 575 g/mol. The second-order valence-electron chi connectivity index (χ2n) is 9.57. The van der Waals surface area contributed by atoms with Gasteiger partial charge in [0.15, 0.2) is 5.78 Å². The minimum atomic E-state index is -5.74. The highest BCUT2D eigenvalue weighted by atomic mass is 32.2. The first-order valence-electron chi connectivity index (χ1n) is 12.8. The summed E-state index contributed by atoms with van der Waals surface area (Å²) in [5.74, 6) is -0.607. The summed E-state index contributed by atoms with van der Waals surface area (Å²) in [6, 6.07) is 18.4. The summed E-state index contributed by atoms with van der Waals surface area (Å²) in [6.07, 6.45) is 2.70. The van der Waals surface area contributed by atoms with E-state index in [4.69, 9.17) is 0 Å². The predicted octanol–water partition coefficient (Wildman–Crippen LogP) is 5.57. The molecule has 1 aliphatic rings. The van der Waals surface area contributed by atoms with Crippen LogP contribution in [-0.2, 0) is 16.5 Å². The first kappa shape index (κ1) is 29.3. The number of unbranched alkanes of at least 4 members (excludes halogenated alkanes) is 1. The van der Waals surface area contributed by atoms with Gasteiger partial charge >= 0.3 is 15.6 Å². The van der Waals surface area contributed by atoms with Crippen LogP contribution in [0.4, 0.5) is 13.2 Å². The van der Waals surface area contributed by atoms with Crippen LogP contribution in [0.25, 0.3) is 11.1 Å². The number of fused-ring (bicyclic) bond motifs is 1. The molecule has 0 saturated carbocycles. The smallest absolute Gasteiger partial charge is 0.376 e. The first-order chi connectivity index (χ1) is 18.9. The van der Waals surface area contributed by atoms with Gasteiger partial charge in [-0.1, -0.05) is 36.4 Å². The Morgan fingerprint density at radius 3 is 2.42 bits per heavy atom. The van der Waals surface area contributed by atoms with Crippen molar-refractivity contribution in [2.45, 2.75) is 44.2 Å². The molecule has 0 bridgehead atoms. The highest BCUT2D eigenvalue weighted by molar-refractivity contribution is 7.88. The van der Waals surface area contributed by atoms with Crippen molar-refractivity contribution >= 4 is 21.8 Å². The molecule has 40 heavy (non-hydrogen) atoms. The zero-order chi connectivity index (χ0) is 28.9. The van der Waals surface area contributed by atoms with Crippen molar-refractivity contribution in [1.29, 1.82) is 0 Å². The second-order valence-corrected chi connectivity index (χ2v) is 11.1. The molecule has 0 aromatic heterocycles. The fraction of sp³-hybridized carbons (Fsp3) is 0.310. The number of rotatable bonds is 10. The molecule has 0 spiro atoms. The first-order valence-corrected chi connectivity index (χ1v) is 14.2. The van der Waals surface area contributed by atoms with Crippen LogP contribution in [0.2, 0.25) is 0 Å². The lowest BCUT2D eigenvalue weighted by Crippen LogP contribution is -2.31. The number of halogens is 3. The molecule has 0 saturated heterocycles. The van der Waals surface area contributed by atoms with E-state index in [1.54, 1.807) is 24.3 Å². The Balaban J connectivity index is 1.28. The number of ketones is 1. The number of carbonyl (C=O) groups excluding carboxylic acids is 2. The molecule has 1 heterocycles. The molecule has 7 nitrogen and oxygen atoms in total. The van der Waals surface area contributed by atoms with Gasteiger partial charge in [-0.05, 0) is 91.7 Å². The minimum Gasteiger partial charge on any atom is -0.376 e. The van der Waals surface area contributed by atoms with Crippen LogP contribution in [0.5, 0.6) is 5.75 Å². The number of Topliss-reactive ketones (excluding diaryl/α,β-unsaturated/α-hetero) is 1. The fourth-order valence-corrected chi connectivity index (χ4v) is 5.06. The summed E-state index contributed by atoms with van der Waals surface area (Å²) in [5.41, 5.74) is -0.966. The van der Waals surface area contributed by atoms with Crippen molar-refractivity contribution in [1.82, 2.24) is 10.6 Å². The second kappa shape index (κ2) is 12.2. The number of carbonyl (C=O) groups is 2. The molecule has 1 unspecified atom stereocenters. The number of benzene rings is 3. The van der Waals surface area contributed by atoms with Crippen LogP contribution in [-0.4, -0.2) is 38.7 Å². The molecule has 2 N–H and O–H groups in total. The lowest BCUT2D eigenvalue weighted by Gasteiger charge is -2.27. The Morgan fingerprint density at radius 1 is 0.975 bits per heavy atom. The molecule has 11 heteroatoms. The molecule has 0 fully saturated rings. The molecule has 1 amide bonds. The number of amides is 1. The Kier molecular flexibility index (Phi) is 8.95. The molecule has 0 aliphatic carbocycles. The van der Waals surface area contributed by atoms with Gasteiger partial charge in [0.1, 0.15) is 5.75 Å². The zero-order valence-corrected chi connectivity index (χ0v) is 22.6. The minimum absolute atomic E-state index is 0.0172. The van der Waals surface area contributed by atoms with Gasteiger partial charge in [0.25, 0.3) is 5.91 Å². The van der Waals surface area contributed by atoms with E-state index in [0.717, 1.165) is 23.1 Å². The summed E-state index contributed by atoms with van der Waals surface area (Å²) in [4.78, 5) is 24.2. The van der Waals surface area contributed by atoms with Crippen molar-refractivity contribution in [2.24, 2.45) is 0 Å². The maximum Gasteiger partial charge on any atom is 0.534 e. The Labute approximate surface area is 230 Å². The molecule has 1 atom stereocenters. The summed E-state index contributed by atoms with van der Waals surface area (Å²) in [7, 11) is -5.74. The van der Waals surface area contributed by atoms with Gasteiger partial charge in [0, 0.05) is 23.7 Å². The van der Waals surface area contributed by atoms with Gasteiger partial charge in [-0.15, -0.1) is 0 Å². The highest BCUT2D eigenvalue weighted by Crippen LogP contribution is 2.33. The number of hydrogen-bond donors (Lipinski definition) is 2. The van der Waals surface area contributed by atoms with Crippen molar-refractivity contribution in [3.63, 3.8) is 0 Å². The SMILES string of the molecule is CC(=O)c1cccc(-c2ccc(C(=O)NCCCCC3NCCc4ccc(OS(=O)(=O)C(F)(F)F)cc43)cc2)c1. The summed E-state index contributed by atoms with van der Waals surface area (Å²) < 4.78 is 65.2. The van der Waals surface area contributed by atoms with Crippen LogP contribution < -0.4 is 14.8 Å². The monoisotopic (exact) mass is 574 g/mol. The third-order valence-electron chi connectivity index (χ3n) is 6.72. The van der Waals surface area contributed by atoms with Crippen LogP contribution in [0.1, 0.15) is 64.1 Å². The van der Waals surface area contributed by atoms with E-state index in [-0.39, 0.29) is 23.5 Å². The van der Waals surface area contributed by atoms with Gasteiger partial charge in [0.05, 0.1) is 0 Å². The standard InChI is InChI=1S/C29H29F3N2O5S/c1-19(35)23-5-4-6-24(17-23)20-8-10-22(11-9-20)28(36)34-15-3-2-7-27-26-18-25(13-12-21(26)14-16-33-27)39-40(37,38)29(30,31)32/h4-6,8-13,17-18,27,33H,2-3,7,14-16H2,1H3,(H,34,36). The molecule has 3 aromatic rings. The van der Waals surface area contributed by atoms with E-state index in [1.165, 1.54) is 19.1 Å². The lowest BCUT2D eigenvalue weighted by atomic mass is 9.91. The van der Waals surface area contributed by atoms with Crippen LogP contribution in [0, 0.1) is 0 Å². The van der Waals surface area contributed by atoms with E-state index in [2.05, 4.69) is 14.8 Å². The predicted molar refractivity (Wildman–Crippen MR) is 145 cm³/mol. The van der Waals surface area contributed by atoms with E-state index in [1.807, 2.05) is 30.3 Å².